The van der Waals surface area contributed by atoms with Gasteiger partial charge in [0.25, 0.3) is 0 Å². The molecule has 4 rings (SSSR count). The van der Waals surface area contributed by atoms with Gasteiger partial charge in [0.2, 0.25) is 5.91 Å². The molecule has 27 heavy (non-hydrogen) atoms. The van der Waals surface area contributed by atoms with Crippen molar-refractivity contribution in [3.63, 3.8) is 0 Å². The van der Waals surface area contributed by atoms with Gasteiger partial charge in [0.1, 0.15) is 5.82 Å². The zero-order valence-corrected chi connectivity index (χ0v) is 17.4. The molecule has 2 atom stereocenters. The van der Waals surface area contributed by atoms with Gasteiger partial charge in [-0.2, -0.15) is 5.10 Å². The molecule has 0 unspecified atom stereocenters. The Morgan fingerprint density at radius 3 is 2.78 bits per heavy atom. The van der Waals surface area contributed by atoms with Crippen molar-refractivity contribution in [3.8, 4) is 0 Å². The van der Waals surface area contributed by atoms with Crippen molar-refractivity contribution in [2.75, 3.05) is 17.7 Å². The molecule has 0 radical (unpaired) electrons. The van der Waals surface area contributed by atoms with Gasteiger partial charge in [0.15, 0.2) is 0 Å². The largest absolute Gasteiger partial charge is 0.375 e. The first-order chi connectivity index (χ1) is 12.8. The zero-order chi connectivity index (χ0) is 19.2. The molecule has 0 spiro atoms. The van der Waals surface area contributed by atoms with Crippen LogP contribution in [0.1, 0.15) is 54.8 Å². The van der Waals surface area contributed by atoms with Gasteiger partial charge in [-0.25, -0.2) is 4.68 Å². The molecule has 144 valence electrons. The smallest absolute Gasteiger partial charge is 0.235 e. The number of rotatable bonds is 2. The minimum Gasteiger partial charge on any atom is -0.375 e. The molecule has 0 bridgehead atoms. The first-order valence-electron chi connectivity index (χ1n) is 9.24. The number of hydrogen-bond donors (Lipinski definition) is 1. The summed E-state index contributed by atoms with van der Waals surface area (Å²) >= 11 is 7.70. The maximum Gasteiger partial charge on any atom is 0.235 e. The van der Waals surface area contributed by atoms with Crippen molar-refractivity contribution in [2.24, 2.45) is 0 Å². The number of halogens is 1. The third-order valence-corrected chi connectivity index (χ3v) is 6.74. The number of fused-ring (bicyclic) bond motifs is 1. The standard InChI is InChI=1S/C20H24ClN3O2S/c1-12-17-18(13-4-6-14(21)7-5-13)27-11-16(25)22-19(17)24(23-12)15-8-9-26-20(2,3)10-15/h4-7,15,18H,8-11H2,1-3H3,(H,22,25)/t15-,18+/m1/s1. The van der Waals surface area contributed by atoms with Gasteiger partial charge in [-0.15, -0.1) is 11.8 Å². The number of hydrogen-bond acceptors (Lipinski definition) is 4. The molecular weight excluding hydrogens is 382 g/mol. The Labute approximate surface area is 168 Å². The molecule has 1 amide bonds. The van der Waals surface area contributed by atoms with Crippen LogP contribution in [0.15, 0.2) is 24.3 Å². The number of thioether (sulfide) groups is 1. The van der Waals surface area contributed by atoms with Crippen LogP contribution in [0, 0.1) is 6.92 Å². The van der Waals surface area contributed by atoms with Gasteiger partial charge in [0.05, 0.1) is 28.3 Å². The van der Waals surface area contributed by atoms with E-state index in [-0.39, 0.29) is 22.8 Å². The van der Waals surface area contributed by atoms with E-state index in [2.05, 4.69) is 19.2 Å². The van der Waals surface area contributed by atoms with Gasteiger partial charge in [0, 0.05) is 17.2 Å². The number of aryl methyl sites for hydroxylation is 1. The molecule has 7 heteroatoms. The molecule has 1 fully saturated rings. The molecule has 3 heterocycles. The Hall–Kier alpha value is -1.50. The lowest BCUT2D eigenvalue weighted by molar-refractivity contribution is -0.113. The van der Waals surface area contributed by atoms with Crippen molar-refractivity contribution < 1.29 is 9.53 Å². The number of ether oxygens (including phenoxy) is 1. The Morgan fingerprint density at radius 1 is 1.33 bits per heavy atom. The molecule has 1 aromatic carbocycles. The van der Waals surface area contributed by atoms with Crippen LogP contribution in [0.5, 0.6) is 0 Å². The van der Waals surface area contributed by atoms with E-state index in [0.29, 0.717) is 17.4 Å². The van der Waals surface area contributed by atoms with Crippen molar-refractivity contribution in [3.05, 3.63) is 46.1 Å². The maximum atomic E-state index is 12.4. The van der Waals surface area contributed by atoms with E-state index in [0.717, 1.165) is 35.5 Å². The Kier molecular flexibility index (Phi) is 4.99. The van der Waals surface area contributed by atoms with E-state index < -0.39 is 0 Å². The Morgan fingerprint density at radius 2 is 2.07 bits per heavy atom. The summed E-state index contributed by atoms with van der Waals surface area (Å²) in [5.74, 6) is 1.27. The normalized spacial score (nSPS) is 24.8. The van der Waals surface area contributed by atoms with Crippen LogP contribution in [0.3, 0.4) is 0 Å². The third-order valence-electron chi connectivity index (χ3n) is 5.22. The zero-order valence-electron chi connectivity index (χ0n) is 15.8. The molecule has 0 saturated carbocycles. The van der Waals surface area contributed by atoms with Crippen molar-refractivity contribution in [2.45, 2.75) is 50.5 Å². The average molecular weight is 406 g/mol. The predicted molar refractivity (Wildman–Crippen MR) is 110 cm³/mol. The van der Waals surface area contributed by atoms with Gasteiger partial charge in [-0.1, -0.05) is 23.7 Å². The fraction of sp³-hybridized carbons (Fsp3) is 0.500. The van der Waals surface area contributed by atoms with Crippen LogP contribution in [-0.4, -0.2) is 33.6 Å². The molecule has 2 aliphatic rings. The number of carbonyl (C=O) groups is 1. The van der Waals surface area contributed by atoms with Crippen LogP contribution in [0.2, 0.25) is 5.02 Å². The number of benzene rings is 1. The van der Waals surface area contributed by atoms with Gasteiger partial charge < -0.3 is 10.1 Å². The maximum absolute atomic E-state index is 12.4. The predicted octanol–water partition coefficient (Wildman–Crippen LogP) is 4.75. The summed E-state index contributed by atoms with van der Waals surface area (Å²) in [7, 11) is 0. The van der Waals surface area contributed by atoms with E-state index in [1.165, 1.54) is 0 Å². The summed E-state index contributed by atoms with van der Waals surface area (Å²) in [5.41, 5.74) is 3.01. The van der Waals surface area contributed by atoms with Crippen LogP contribution in [0.4, 0.5) is 5.82 Å². The quantitative estimate of drug-likeness (QED) is 0.783. The van der Waals surface area contributed by atoms with Gasteiger partial charge in [-0.3, -0.25) is 4.79 Å². The lowest BCUT2D eigenvalue weighted by atomic mass is 9.94. The van der Waals surface area contributed by atoms with Gasteiger partial charge in [-0.05, 0) is 51.3 Å². The Bertz CT molecular complexity index is 863. The Balaban J connectivity index is 1.78. The first-order valence-corrected chi connectivity index (χ1v) is 10.7. The highest BCUT2D eigenvalue weighted by Gasteiger charge is 2.35. The summed E-state index contributed by atoms with van der Waals surface area (Å²) in [6, 6.07) is 8.09. The summed E-state index contributed by atoms with van der Waals surface area (Å²) in [5, 5.41) is 8.74. The molecule has 2 aromatic rings. The summed E-state index contributed by atoms with van der Waals surface area (Å²) in [6.07, 6.45) is 1.76. The number of carbonyl (C=O) groups excluding carboxylic acids is 1. The van der Waals surface area contributed by atoms with E-state index in [1.54, 1.807) is 11.8 Å². The van der Waals surface area contributed by atoms with Crippen molar-refractivity contribution in [1.29, 1.82) is 0 Å². The van der Waals surface area contributed by atoms with Crippen LogP contribution >= 0.6 is 23.4 Å². The van der Waals surface area contributed by atoms with E-state index >= 15 is 0 Å². The fourth-order valence-electron chi connectivity index (χ4n) is 3.98. The lowest BCUT2D eigenvalue weighted by Gasteiger charge is -2.36. The fourth-order valence-corrected chi connectivity index (χ4v) is 5.30. The van der Waals surface area contributed by atoms with E-state index in [9.17, 15) is 4.79 Å². The molecule has 1 N–H and O–H groups in total. The highest BCUT2D eigenvalue weighted by atomic mass is 35.5. The molecule has 5 nitrogen and oxygen atoms in total. The molecular formula is C20H24ClN3O2S. The monoisotopic (exact) mass is 405 g/mol. The van der Waals surface area contributed by atoms with Crippen molar-refractivity contribution in [1.82, 2.24) is 9.78 Å². The summed E-state index contributed by atoms with van der Waals surface area (Å²) in [4.78, 5) is 12.4. The number of aromatic nitrogens is 2. The van der Waals surface area contributed by atoms with Crippen LogP contribution in [-0.2, 0) is 9.53 Å². The topological polar surface area (TPSA) is 56.2 Å². The number of nitrogens with one attached hydrogen (secondary N) is 1. The van der Waals surface area contributed by atoms with E-state index in [1.807, 2.05) is 35.9 Å². The average Bonchev–Trinajstić information content (AvgIpc) is 2.81. The van der Waals surface area contributed by atoms with Crippen LogP contribution < -0.4 is 5.32 Å². The summed E-state index contributed by atoms with van der Waals surface area (Å²) in [6.45, 7) is 6.95. The SMILES string of the molecule is Cc1nn([C@@H]2CCOC(C)(C)C2)c2c1[C@H](c1ccc(Cl)cc1)SCC(=O)N2. The van der Waals surface area contributed by atoms with Gasteiger partial charge >= 0.3 is 0 Å². The second kappa shape index (κ2) is 7.15. The first kappa shape index (κ1) is 18.8. The second-order valence-corrected chi connectivity index (χ2v) is 9.37. The van der Waals surface area contributed by atoms with Crippen molar-refractivity contribution >= 4 is 35.1 Å². The van der Waals surface area contributed by atoms with E-state index in [4.69, 9.17) is 21.4 Å². The summed E-state index contributed by atoms with van der Waals surface area (Å²) < 4.78 is 7.90. The number of anilines is 1. The number of amides is 1. The molecule has 1 aromatic heterocycles. The minimum absolute atomic E-state index is 0.0187. The molecule has 0 aliphatic carbocycles. The minimum atomic E-state index is -0.186. The molecule has 2 aliphatic heterocycles. The number of nitrogens with zero attached hydrogens (tertiary/aromatic N) is 2. The highest BCUT2D eigenvalue weighted by Crippen LogP contribution is 2.45. The lowest BCUT2D eigenvalue weighted by Crippen LogP contribution is -2.36. The second-order valence-electron chi connectivity index (χ2n) is 7.84. The molecule has 1 saturated heterocycles. The third kappa shape index (κ3) is 3.75. The van der Waals surface area contributed by atoms with Crippen LogP contribution in [0.25, 0.3) is 0 Å². The highest BCUT2D eigenvalue weighted by molar-refractivity contribution is 8.00.